The molecule has 0 spiro atoms. The van der Waals surface area contributed by atoms with Crippen molar-refractivity contribution < 1.29 is 19.1 Å². The summed E-state index contributed by atoms with van der Waals surface area (Å²) in [4.78, 5) is 25.0. The second kappa shape index (κ2) is 12.7. The summed E-state index contributed by atoms with van der Waals surface area (Å²) in [6, 6.07) is 0. The maximum absolute atomic E-state index is 12.5. The number of hydrogen-bond acceptors (Lipinski definition) is 4. The van der Waals surface area contributed by atoms with E-state index in [1.54, 1.807) is 0 Å². The Morgan fingerprint density at radius 2 is 0.903 bits per heavy atom. The first-order valence-electron chi connectivity index (χ1n) is 12.8. The minimum absolute atomic E-state index is 0.321. The van der Waals surface area contributed by atoms with Gasteiger partial charge in [-0.1, -0.05) is 0 Å². The minimum atomic E-state index is -2.15. The molecule has 31 heavy (non-hydrogen) atoms. The van der Waals surface area contributed by atoms with Crippen molar-refractivity contribution in [1.82, 2.24) is 0 Å². The van der Waals surface area contributed by atoms with Crippen LogP contribution in [0.3, 0.4) is 0 Å². The summed E-state index contributed by atoms with van der Waals surface area (Å²) in [5.74, 6) is 13.9. The Balaban J connectivity index is 1.46. The Kier molecular flexibility index (Phi) is 11.3. The third kappa shape index (κ3) is 9.62. The molecule has 0 heterocycles. The van der Waals surface area contributed by atoms with Gasteiger partial charge < -0.3 is 0 Å². The zero-order valence-corrected chi connectivity index (χ0v) is 25.3. The van der Waals surface area contributed by atoms with Crippen molar-refractivity contribution in [3.8, 4) is 0 Å². The zero-order chi connectivity index (χ0) is 23.1. The average Bonchev–Trinajstić information content (AvgIpc) is 2.71. The normalized spacial score (nSPS) is 27.8. The van der Waals surface area contributed by atoms with Gasteiger partial charge in [0.25, 0.3) is 0 Å². The van der Waals surface area contributed by atoms with Crippen molar-refractivity contribution in [2.24, 2.45) is 11.8 Å². The fourth-order valence-corrected chi connectivity index (χ4v) is 11.4. The van der Waals surface area contributed by atoms with Crippen molar-refractivity contribution >= 4 is 35.8 Å². The zero-order valence-electron chi connectivity index (χ0n) is 21.1. The molecule has 0 unspecified atom stereocenters. The first-order chi connectivity index (χ1) is 14.5. The molecule has 0 saturated heterocycles. The molecule has 0 radical (unpaired) electrons. The molecule has 0 aliphatic heterocycles. The van der Waals surface area contributed by atoms with Gasteiger partial charge in [-0.15, -0.1) is 0 Å². The van der Waals surface area contributed by atoms with Gasteiger partial charge >= 0.3 is 197 Å². The molecule has 0 atom stereocenters. The number of carbonyl (C=O) groups excluding carboxylic acids is 2. The molecule has 2 aliphatic rings. The summed E-state index contributed by atoms with van der Waals surface area (Å²) in [6.45, 7) is 1.68. The molecule has 2 fully saturated rings. The molecule has 6 heteroatoms. The molecule has 4 nitrogen and oxygen atoms in total. The molecule has 0 amide bonds. The summed E-state index contributed by atoms with van der Waals surface area (Å²) < 4.78 is 13.4. The summed E-state index contributed by atoms with van der Waals surface area (Å²) in [6.07, 6.45) is 12.4. The van der Waals surface area contributed by atoms with Gasteiger partial charge in [-0.2, -0.15) is 0 Å². The van der Waals surface area contributed by atoms with Crippen LogP contribution in [0.5, 0.6) is 0 Å². The Morgan fingerprint density at radius 1 is 0.581 bits per heavy atom. The van der Waals surface area contributed by atoms with Crippen LogP contribution in [0.15, 0.2) is 0 Å². The first-order valence-corrected chi connectivity index (χ1v) is 27.5. The third-order valence-corrected chi connectivity index (χ3v) is 15.0. The molecule has 2 aliphatic carbocycles. The molecule has 2 rings (SSSR count). The summed E-state index contributed by atoms with van der Waals surface area (Å²) >= 11 is -4.30. The van der Waals surface area contributed by atoms with E-state index in [9.17, 15) is 9.59 Å². The molecule has 180 valence electrons. The quantitative estimate of drug-likeness (QED) is 0.212. The molecule has 0 bridgehead atoms. The molecular formula is C25H48Ge2O4. The summed E-state index contributed by atoms with van der Waals surface area (Å²) in [7, 11) is 0. The summed E-state index contributed by atoms with van der Waals surface area (Å²) in [5, 5.41) is 0. The molecule has 0 N–H and O–H groups in total. The van der Waals surface area contributed by atoms with Crippen LogP contribution in [0, 0.1) is 11.8 Å². The van der Waals surface area contributed by atoms with Crippen LogP contribution in [0.4, 0.5) is 0 Å². The number of rotatable bonds is 12. The maximum atomic E-state index is 12.5. The van der Waals surface area contributed by atoms with Crippen molar-refractivity contribution in [2.75, 3.05) is 13.2 Å². The Labute approximate surface area is 196 Å². The van der Waals surface area contributed by atoms with Crippen molar-refractivity contribution in [3.63, 3.8) is 0 Å². The van der Waals surface area contributed by atoms with Crippen LogP contribution in [-0.4, -0.2) is 61.2 Å². The van der Waals surface area contributed by atoms with E-state index < -0.39 is 26.5 Å². The van der Waals surface area contributed by atoms with E-state index in [0.29, 0.717) is 33.3 Å². The SMILES string of the molecule is [CH3][Ge]([CH3])([CH3])[C](=O)C1CCC(OCCCCCOC2CCC([C](=O)[Ge]([CH3])([CH3])[CH3])CC2)CC1. The van der Waals surface area contributed by atoms with Crippen LogP contribution in [0.1, 0.15) is 70.6 Å². The van der Waals surface area contributed by atoms with Gasteiger partial charge in [-0.25, -0.2) is 0 Å². The van der Waals surface area contributed by atoms with E-state index in [1.165, 1.54) is 0 Å². The van der Waals surface area contributed by atoms with E-state index in [1.807, 2.05) is 0 Å². The van der Waals surface area contributed by atoms with Crippen LogP contribution in [0.25, 0.3) is 0 Å². The first kappa shape index (κ1) is 27.6. The van der Waals surface area contributed by atoms with Gasteiger partial charge in [0.2, 0.25) is 0 Å². The van der Waals surface area contributed by atoms with E-state index in [-0.39, 0.29) is 0 Å². The van der Waals surface area contributed by atoms with Crippen LogP contribution < -0.4 is 0 Å². The van der Waals surface area contributed by atoms with Crippen molar-refractivity contribution in [3.05, 3.63) is 0 Å². The standard InChI is InChI=1S/C25H48Ge2O4/c1-26(2,3)24(28)20-10-14-22(15-11-20)30-18-8-7-9-19-31-23-16-12-21(13-17-23)25(29)27(4,5)6/h20-23H,7-19H2,1-6H3. The second-order valence-electron chi connectivity index (χ2n) is 12.0. The number of ether oxygens (including phenoxy) is 2. The monoisotopic (exact) mass is 560 g/mol. The Hall–Kier alpha value is 0.346. The fourth-order valence-electron chi connectivity index (χ4n) is 5.09. The molecule has 0 aromatic rings. The van der Waals surface area contributed by atoms with Gasteiger partial charge in [-0.05, 0) is 0 Å². The predicted octanol–water partition coefficient (Wildman–Crippen LogP) is 6.20. The molecule has 2 saturated carbocycles. The third-order valence-electron chi connectivity index (χ3n) is 7.06. The van der Waals surface area contributed by atoms with Gasteiger partial charge in [0.1, 0.15) is 0 Å². The van der Waals surface area contributed by atoms with Crippen LogP contribution in [0.2, 0.25) is 34.5 Å². The van der Waals surface area contributed by atoms with E-state index >= 15 is 0 Å². The Bertz CT molecular complexity index is 513. The van der Waals surface area contributed by atoms with E-state index in [4.69, 9.17) is 9.47 Å². The number of carbonyl (C=O) groups is 2. The fraction of sp³-hybridized carbons (Fsp3) is 0.920. The van der Waals surface area contributed by atoms with Gasteiger partial charge in [-0.3, -0.25) is 0 Å². The second-order valence-corrected chi connectivity index (χ2v) is 32.9. The van der Waals surface area contributed by atoms with Gasteiger partial charge in [0.05, 0.1) is 0 Å². The predicted molar refractivity (Wildman–Crippen MR) is 134 cm³/mol. The van der Waals surface area contributed by atoms with Crippen molar-refractivity contribution in [1.29, 1.82) is 0 Å². The van der Waals surface area contributed by atoms with Crippen molar-refractivity contribution in [2.45, 2.75) is 117 Å². The van der Waals surface area contributed by atoms with E-state index in [2.05, 4.69) is 34.5 Å². The average molecular weight is 558 g/mol. The number of hydrogen-bond donors (Lipinski definition) is 0. The molecule has 0 aromatic carbocycles. The van der Waals surface area contributed by atoms with Gasteiger partial charge in [0, 0.05) is 0 Å². The number of unbranched alkanes of at least 4 members (excludes halogenated alkanes) is 2. The topological polar surface area (TPSA) is 52.6 Å². The van der Waals surface area contributed by atoms with Crippen LogP contribution in [-0.2, 0) is 19.1 Å². The van der Waals surface area contributed by atoms with Crippen LogP contribution >= 0.6 is 0 Å². The van der Waals surface area contributed by atoms with Gasteiger partial charge in [0.15, 0.2) is 0 Å². The molecule has 0 aromatic heterocycles. The van der Waals surface area contributed by atoms with E-state index in [0.717, 1.165) is 83.8 Å². The Morgan fingerprint density at radius 3 is 1.19 bits per heavy atom. The summed E-state index contributed by atoms with van der Waals surface area (Å²) in [5.41, 5.74) is 0. The molecular weight excluding hydrogens is 509 g/mol.